The first kappa shape index (κ1) is 17.9. The molecule has 0 amide bonds. The minimum Gasteiger partial charge on any atom is -0.381 e. The van der Waals surface area contributed by atoms with E-state index in [-0.39, 0.29) is 0 Å². The first-order valence-electron chi connectivity index (χ1n) is 8.69. The van der Waals surface area contributed by atoms with Crippen molar-refractivity contribution >= 4 is 0 Å². The molecule has 3 heteroatoms. The lowest BCUT2D eigenvalue weighted by atomic mass is 10.1. The molecule has 0 aliphatic carbocycles. The van der Waals surface area contributed by atoms with Gasteiger partial charge in [0, 0.05) is 19.3 Å². The number of nitrogens with one attached hydrogen (secondary N) is 1. The molecule has 1 rings (SSSR count). The van der Waals surface area contributed by atoms with Crippen LogP contribution in [0, 0.1) is 5.92 Å². The number of hydrogen-bond donors (Lipinski definition) is 1. The van der Waals surface area contributed by atoms with Crippen molar-refractivity contribution in [1.29, 1.82) is 0 Å². The number of likely N-dealkylation sites (tertiary alicyclic amines) is 1. The van der Waals surface area contributed by atoms with Crippen LogP contribution in [0.1, 0.15) is 58.8 Å². The van der Waals surface area contributed by atoms with Gasteiger partial charge in [-0.3, -0.25) is 0 Å². The van der Waals surface area contributed by atoms with Gasteiger partial charge in [0.1, 0.15) is 0 Å². The largest absolute Gasteiger partial charge is 0.381 e. The van der Waals surface area contributed by atoms with Gasteiger partial charge in [0.2, 0.25) is 0 Å². The highest BCUT2D eigenvalue weighted by molar-refractivity contribution is 4.75. The molecule has 1 N–H and O–H groups in total. The van der Waals surface area contributed by atoms with Gasteiger partial charge in [-0.25, -0.2) is 0 Å². The number of rotatable bonds is 12. The van der Waals surface area contributed by atoms with Gasteiger partial charge in [-0.15, -0.1) is 0 Å². The van der Waals surface area contributed by atoms with E-state index in [2.05, 4.69) is 31.1 Å². The van der Waals surface area contributed by atoms with E-state index in [1.807, 2.05) is 0 Å². The normalized spacial score (nSPS) is 20.1. The summed E-state index contributed by atoms with van der Waals surface area (Å²) in [6, 6.07) is 0.780. The smallest absolute Gasteiger partial charge is 0.0480 e. The van der Waals surface area contributed by atoms with Gasteiger partial charge in [0.15, 0.2) is 0 Å². The van der Waals surface area contributed by atoms with Crippen molar-refractivity contribution in [2.75, 3.05) is 39.9 Å². The van der Waals surface area contributed by atoms with Gasteiger partial charge in [-0.2, -0.15) is 0 Å². The summed E-state index contributed by atoms with van der Waals surface area (Å²) in [7, 11) is 2.24. The zero-order valence-electron chi connectivity index (χ0n) is 14.0. The first-order chi connectivity index (χ1) is 9.70. The Morgan fingerprint density at radius 3 is 2.65 bits per heavy atom. The zero-order valence-corrected chi connectivity index (χ0v) is 14.0. The van der Waals surface area contributed by atoms with E-state index < -0.39 is 0 Å². The molecule has 0 aromatic heterocycles. The highest BCUT2D eigenvalue weighted by Crippen LogP contribution is 2.17. The van der Waals surface area contributed by atoms with E-state index in [1.165, 1.54) is 58.0 Å². The summed E-state index contributed by atoms with van der Waals surface area (Å²) in [6.45, 7) is 10.0. The second kappa shape index (κ2) is 11.5. The zero-order chi connectivity index (χ0) is 14.6. The highest BCUT2D eigenvalue weighted by Gasteiger charge is 2.19. The van der Waals surface area contributed by atoms with Crippen molar-refractivity contribution in [3.63, 3.8) is 0 Å². The molecule has 1 aliphatic rings. The van der Waals surface area contributed by atoms with Crippen LogP contribution in [0.25, 0.3) is 0 Å². The fourth-order valence-corrected chi connectivity index (χ4v) is 2.86. The van der Waals surface area contributed by atoms with Crippen LogP contribution in [0.15, 0.2) is 0 Å². The van der Waals surface area contributed by atoms with Gasteiger partial charge in [0.25, 0.3) is 0 Å². The van der Waals surface area contributed by atoms with Crippen molar-refractivity contribution in [2.45, 2.75) is 64.8 Å². The molecule has 1 saturated heterocycles. The van der Waals surface area contributed by atoms with E-state index in [0.717, 1.165) is 31.7 Å². The molecule has 120 valence electrons. The molecule has 1 atom stereocenters. The molecule has 0 aromatic carbocycles. The molecule has 20 heavy (non-hydrogen) atoms. The van der Waals surface area contributed by atoms with Gasteiger partial charge >= 0.3 is 0 Å². The van der Waals surface area contributed by atoms with Crippen LogP contribution >= 0.6 is 0 Å². The van der Waals surface area contributed by atoms with Crippen LogP contribution < -0.4 is 5.32 Å². The molecule has 0 bridgehead atoms. The minimum absolute atomic E-state index is 0.766. The summed E-state index contributed by atoms with van der Waals surface area (Å²) in [5.74, 6) is 0.766. The average Bonchev–Trinajstić information content (AvgIpc) is 2.81. The Morgan fingerprint density at radius 1 is 1.15 bits per heavy atom. The monoisotopic (exact) mass is 284 g/mol. The number of nitrogens with zero attached hydrogens (tertiary/aromatic N) is 1. The van der Waals surface area contributed by atoms with Crippen molar-refractivity contribution < 1.29 is 4.74 Å². The SMILES string of the molecule is CC(C)CNCCCCCCOCCC1CCCN1C. The van der Waals surface area contributed by atoms with E-state index in [0.29, 0.717) is 0 Å². The summed E-state index contributed by atoms with van der Waals surface area (Å²) in [6.07, 6.45) is 9.13. The molecule has 1 aliphatic heterocycles. The molecule has 0 aromatic rings. The van der Waals surface area contributed by atoms with Gasteiger partial charge in [0.05, 0.1) is 0 Å². The maximum atomic E-state index is 5.76. The summed E-state index contributed by atoms with van der Waals surface area (Å²) in [4.78, 5) is 2.48. The molecular formula is C17H36N2O. The Morgan fingerprint density at radius 2 is 1.95 bits per heavy atom. The fourth-order valence-electron chi connectivity index (χ4n) is 2.86. The maximum absolute atomic E-state index is 5.76. The average molecular weight is 284 g/mol. The Kier molecular flexibility index (Phi) is 10.3. The number of unbranched alkanes of at least 4 members (excludes halogenated alkanes) is 3. The fraction of sp³-hybridized carbons (Fsp3) is 1.00. The van der Waals surface area contributed by atoms with Gasteiger partial charge < -0.3 is 15.0 Å². The molecule has 1 unspecified atom stereocenters. The summed E-state index contributed by atoms with van der Waals surface area (Å²) in [5, 5.41) is 3.50. The third-order valence-corrected chi connectivity index (χ3v) is 4.21. The molecule has 0 radical (unpaired) electrons. The second-order valence-corrected chi connectivity index (χ2v) is 6.69. The van der Waals surface area contributed by atoms with Gasteiger partial charge in [-0.1, -0.05) is 26.7 Å². The van der Waals surface area contributed by atoms with Crippen LogP contribution in [0.2, 0.25) is 0 Å². The lowest BCUT2D eigenvalue weighted by Crippen LogP contribution is -2.26. The number of hydrogen-bond acceptors (Lipinski definition) is 3. The second-order valence-electron chi connectivity index (χ2n) is 6.69. The lowest BCUT2D eigenvalue weighted by Gasteiger charge is -2.18. The van der Waals surface area contributed by atoms with Crippen LogP contribution in [0.4, 0.5) is 0 Å². The summed E-state index contributed by atoms with van der Waals surface area (Å²) >= 11 is 0. The van der Waals surface area contributed by atoms with E-state index in [4.69, 9.17) is 4.74 Å². The van der Waals surface area contributed by atoms with Crippen molar-refractivity contribution in [3.05, 3.63) is 0 Å². The molecule has 1 fully saturated rings. The molecule has 0 saturated carbocycles. The maximum Gasteiger partial charge on any atom is 0.0480 e. The molecule has 1 heterocycles. The third kappa shape index (κ3) is 8.93. The minimum atomic E-state index is 0.766. The van der Waals surface area contributed by atoms with Crippen LogP contribution in [-0.4, -0.2) is 50.8 Å². The summed E-state index contributed by atoms with van der Waals surface area (Å²) < 4.78 is 5.76. The Labute approximate surface area is 126 Å². The van der Waals surface area contributed by atoms with Crippen LogP contribution in [0.5, 0.6) is 0 Å². The van der Waals surface area contributed by atoms with Gasteiger partial charge in [-0.05, 0) is 64.7 Å². The molecule has 0 spiro atoms. The van der Waals surface area contributed by atoms with Crippen molar-refractivity contribution in [2.24, 2.45) is 5.92 Å². The van der Waals surface area contributed by atoms with Crippen LogP contribution in [-0.2, 0) is 4.74 Å². The molecular weight excluding hydrogens is 248 g/mol. The standard InChI is InChI=1S/C17H36N2O/c1-16(2)15-18-11-6-4-5-7-13-20-14-10-17-9-8-12-19(17)3/h16-18H,4-15H2,1-3H3. The Hall–Kier alpha value is -0.120. The summed E-state index contributed by atoms with van der Waals surface area (Å²) in [5.41, 5.74) is 0. The predicted molar refractivity (Wildman–Crippen MR) is 87.3 cm³/mol. The Bertz CT molecular complexity index is 221. The quantitative estimate of drug-likeness (QED) is 0.557. The Balaban J connectivity index is 1.74. The predicted octanol–water partition coefficient (Wildman–Crippen LogP) is 3.29. The lowest BCUT2D eigenvalue weighted by molar-refractivity contribution is 0.110. The van der Waals surface area contributed by atoms with Crippen molar-refractivity contribution in [1.82, 2.24) is 10.2 Å². The number of ether oxygens (including phenoxy) is 1. The van der Waals surface area contributed by atoms with E-state index >= 15 is 0 Å². The highest BCUT2D eigenvalue weighted by atomic mass is 16.5. The van der Waals surface area contributed by atoms with E-state index in [9.17, 15) is 0 Å². The van der Waals surface area contributed by atoms with Crippen LogP contribution in [0.3, 0.4) is 0 Å². The molecule has 3 nitrogen and oxygen atoms in total. The first-order valence-corrected chi connectivity index (χ1v) is 8.69. The van der Waals surface area contributed by atoms with Crippen molar-refractivity contribution in [3.8, 4) is 0 Å². The van der Waals surface area contributed by atoms with E-state index in [1.54, 1.807) is 0 Å². The topological polar surface area (TPSA) is 24.5 Å². The third-order valence-electron chi connectivity index (χ3n) is 4.21.